The molecule has 0 aromatic heterocycles. The van der Waals surface area contributed by atoms with E-state index < -0.39 is 23.8 Å². The van der Waals surface area contributed by atoms with Crippen molar-refractivity contribution in [2.45, 2.75) is 19.2 Å². The van der Waals surface area contributed by atoms with E-state index in [9.17, 15) is 18.0 Å². The Morgan fingerprint density at radius 3 is 2.68 bits per heavy atom. The highest BCUT2D eigenvalue weighted by atomic mass is 35.5. The fourth-order valence-electron chi connectivity index (χ4n) is 2.59. The van der Waals surface area contributed by atoms with Gasteiger partial charge in [-0.25, -0.2) is 4.79 Å². The Kier molecular flexibility index (Phi) is 7.67. The summed E-state index contributed by atoms with van der Waals surface area (Å²) >= 11 is 5.95. The lowest BCUT2D eigenvalue weighted by Crippen LogP contribution is -2.41. The zero-order valence-corrected chi connectivity index (χ0v) is 15.9. The summed E-state index contributed by atoms with van der Waals surface area (Å²) in [7, 11) is 1.69. The van der Waals surface area contributed by atoms with Crippen molar-refractivity contribution in [2.24, 2.45) is 0 Å². The zero-order chi connectivity index (χ0) is 20.9. The van der Waals surface area contributed by atoms with Crippen molar-refractivity contribution in [3.8, 4) is 5.75 Å². The first-order valence-electron chi connectivity index (χ1n) is 8.25. The molecule has 156 valence electrons. The first-order valence-corrected chi connectivity index (χ1v) is 8.63. The Balaban J connectivity index is 2.11. The van der Waals surface area contributed by atoms with E-state index in [2.05, 4.69) is 4.84 Å². The van der Waals surface area contributed by atoms with Crippen molar-refractivity contribution >= 4 is 23.6 Å². The van der Waals surface area contributed by atoms with Crippen LogP contribution in [0, 0.1) is 6.92 Å². The Morgan fingerprint density at radius 2 is 2.04 bits per heavy atom. The van der Waals surface area contributed by atoms with E-state index in [1.165, 1.54) is 17.8 Å². The molecule has 1 unspecified atom stereocenters. The predicted octanol–water partition coefficient (Wildman–Crippen LogP) is 2.74. The predicted molar refractivity (Wildman–Crippen MR) is 94.0 cm³/mol. The van der Waals surface area contributed by atoms with Crippen LogP contribution < -0.4 is 10.4 Å². The topological polar surface area (TPSA) is 80.3 Å². The van der Waals surface area contributed by atoms with Crippen molar-refractivity contribution in [1.82, 2.24) is 10.5 Å². The van der Waals surface area contributed by atoms with Crippen LogP contribution in [0.5, 0.6) is 5.75 Å². The second kappa shape index (κ2) is 9.57. The molecule has 0 radical (unpaired) electrons. The van der Waals surface area contributed by atoms with Gasteiger partial charge in [-0.3, -0.25) is 10.0 Å². The smallest absolute Gasteiger partial charge is 0.430 e. The number of esters is 1. The van der Waals surface area contributed by atoms with Gasteiger partial charge in [0, 0.05) is 23.7 Å². The SMILES string of the molecule is Cc1cc(Cl)cc2c1OC(C(F)(F)F)C(C(=O)OCCN(C)CCONO)=C2. The number of benzene rings is 1. The first-order chi connectivity index (χ1) is 13.1. The largest absolute Gasteiger partial charge is 0.475 e. The van der Waals surface area contributed by atoms with Crippen molar-refractivity contribution in [3.63, 3.8) is 0 Å². The quantitative estimate of drug-likeness (QED) is 0.377. The number of fused-ring (bicyclic) bond motifs is 1. The highest BCUT2D eigenvalue weighted by Crippen LogP contribution is 2.40. The number of aryl methyl sites for hydroxylation is 1. The molecule has 1 aromatic rings. The van der Waals surface area contributed by atoms with Gasteiger partial charge in [-0.15, -0.1) is 0 Å². The van der Waals surface area contributed by atoms with Crippen molar-refractivity contribution in [1.29, 1.82) is 0 Å². The molecule has 0 bridgehead atoms. The van der Waals surface area contributed by atoms with Gasteiger partial charge < -0.3 is 14.4 Å². The van der Waals surface area contributed by atoms with Gasteiger partial charge in [0.2, 0.25) is 6.10 Å². The number of likely N-dealkylation sites (N-methyl/N-ethyl adjacent to an activating group) is 1. The number of hydrogen-bond acceptors (Lipinski definition) is 7. The lowest BCUT2D eigenvalue weighted by atomic mass is 9.99. The zero-order valence-electron chi connectivity index (χ0n) is 15.2. The van der Waals surface area contributed by atoms with Crippen LogP contribution >= 0.6 is 11.6 Å². The van der Waals surface area contributed by atoms with Crippen LogP contribution in [-0.2, 0) is 14.4 Å². The van der Waals surface area contributed by atoms with Gasteiger partial charge in [0.25, 0.3) is 0 Å². The van der Waals surface area contributed by atoms with E-state index in [0.717, 1.165) is 6.08 Å². The summed E-state index contributed by atoms with van der Waals surface area (Å²) in [6, 6.07) is 2.91. The van der Waals surface area contributed by atoms with Crippen LogP contribution in [0.3, 0.4) is 0 Å². The van der Waals surface area contributed by atoms with E-state index >= 15 is 0 Å². The summed E-state index contributed by atoms with van der Waals surface area (Å²) in [5.74, 6) is -1.09. The van der Waals surface area contributed by atoms with Crippen molar-refractivity contribution in [3.05, 3.63) is 33.9 Å². The molecule has 0 aliphatic carbocycles. The van der Waals surface area contributed by atoms with Crippen LogP contribution in [0.15, 0.2) is 17.7 Å². The molecule has 1 aliphatic rings. The number of rotatable bonds is 8. The maximum absolute atomic E-state index is 13.4. The molecule has 2 rings (SSSR count). The third-order valence-electron chi connectivity index (χ3n) is 3.98. The van der Waals surface area contributed by atoms with Gasteiger partial charge in [-0.1, -0.05) is 17.2 Å². The molecule has 0 fully saturated rings. The average molecular weight is 425 g/mol. The second-order valence-corrected chi connectivity index (χ2v) is 6.60. The van der Waals surface area contributed by atoms with Crippen LogP contribution in [-0.4, -0.2) is 61.7 Å². The molecule has 7 nitrogen and oxygen atoms in total. The fraction of sp³-hybridized carbons (Fsp3) is 0.471. The second-order valence-electron chi connectivity index (χ2n) is 6.16. The van der Waals surface area contributed by atoms with E-state index in [-0.39, 0.29) is 31.1 Å². The number of carbonyl (C=O) groups excluding carboxylic acids is 1. The molecule has 11 heteroatoms. The minimum atomic E-state index is -4.79. The molecule has 2 N–H and O–H groups in total. The molecule has 0 saturated carbocycles. The summed E-state index contributed by atoms with van der Waals surface area (Å²) in [6.07, 6.45) is -6.11. The molecule has 1 heterocycles. The summed E-state index contributed by atoms with van der Waals surface area (Å²) in [5.41, 5.74) is 1.60. The molecule has 28 heavy (non-hydrogen) atoms. The van der Waals surface area contributed by atoms with Gasteiger partial charge in [0.05, 0.1) is 12.2 Å². The number of ether oxygens (including phenoxy) is 2. The molecular weight excluding hydrogens is 405 g/mol. The Hall–Kier alpha value is -1.85. The number of carbonyl (C=O) groups is 1. The lowest BCUT2D eigenvalue weighted by molar-refractivity contribution is -0.188. The van der Waals surface area contributed by atoms with Gasteiger partial charge in [0.1, 0.15) is 12.4 Å². The van der Waals surface area contributed by atoms with E-state index in [4.69, 9.17) is 26.3 Å². The standard InChI is InChI=1S/C17H20ClF3N2O5/c1-10-7-12(18)8-11-9-13(15(17(19,20)21)28-14(10)11)16(24)26-5-3-23(2)4-6-27-22-25/h7-9,15,22,25H,3-6H2,1-2H3. The molecule has 0 spiro atoms. The average Bonchev–Trinajstić information content (AvgIpc) is 2.59. The van der Waals surface area contributed by atoms with E-state index in [1.54, 1.807) is 18.9 Å². The Bertz CT molecular complexity index is 742. The van der Waals surface area contributed by atoms with E-state index in [0.29, 0.717) is 17.1 Å². The lowest BCUT2D eigenvalue weighted by Gasteiger charge is -2.29. The van der Waals surface area contributed by atoms with Crippen LogP contribution in [0.1, 0.15) is 11.1 Å². The molecular formula is C17H20ClF3N2O5. The number of nitrogens with zero attached hydrogens (tertiary/aromatic N) is 1. The monoisotopic (exact) mass is 424 g/mol. The highest BCUT2D eigenvalue weighted by molar-refractivity contribution is 6.30. The van der Waals surface area contributed by atoms with Crippen LogP contribution in [0.25, 0.3) is 6.08 Å². The number of alkyl halides is 3. The fourth-order valence-corrected chi connectivity index (χ4v) is 2.88. The maximum atomic E-state index is 13.4. The molecule has 0 amide bonds. The first kappa shape index (κ1) is 22.4. The highest BCUT2D eigenvalue weighted by Gasteiger charge is 2.49. The van der Waals surface area contributed by atoms with Crippen molar-refractivity contribution < 1.29 is 37.5 Å². The minimum absolute atomic E-state index is 0.0282. The minimum Gasteiger partial charge on any atom is -0.475 e. The number of halogens is 4. The van der Waals surface area contributed by atoms with E-state index in [1.807, 2.05) is 0 Å². The van der Waals surface area contributed by atoms with Gasteiger partial charge in [-0.05, 0) is 37.7 Å². The number of hydrogen-bond donors (Lipinski definition) is 2. The van der Waals surface area contributed by atoms with Crippen LogP contribution in [0.2, 0.25) is 5.02 Å². The molecule has 1 aromatic carbocycles. The van der Waals surface area contributed by atoms with Crippen molar-refractivity contribution in [2.75, 3.05) is 33.4 Å². The van der Waals surface area contributed by atoms with Gasteiger partial charge in [0.15, 0.2) is 0 Å². The Morgan fingerprint density at radius 1 is 1.36 bits per heavy atom. The molecule has 1 atom stereocenters. The Labute approximate surface area is 164 Å². The summed E-state index contributed by atoms with van der Waals surface area (Å²) in [6.45, 7) is 2.25. The summed E-state index contributed by atoms with van der Waals surface area (Å²) < 4.78 is 50.4. The van der Waals surface area contributed by atoms with Crippen LogP contribution in [0.4, 0.5) is 13.2 Å². The third-order valence-corrected chi connectivity index (χ3v) is 4.19. The normalized spacial score (nSPS) is 16.4. The summed E-state index contributed by atoms with van der Waals surface area (Å²) in [4.78, 5) is 18.5. The summed E-state index contributed by atoms with van der Waals surface area (Å²) in [5, 5.41) is 8.60. The van der Waals surface area contributed by atoms with Gasteiger partial charge in [-0.2, -0.15) is 13.2 Å². The molecule has 1 aliphatic heterocycles. The molecule has 0 saturated heterocycles. The van der Waals surface area contributed by atoms with Gasteiger partial charge >= 0.3 is 12.1 Å². The maximum Gasteiger partial charge on any atom is 0.430 e. The number of nitrogens with one attached hydrogen (secondary N) is 1. The third kappa shape index (κ3) is 5.82.